The van der Waals surface area contributed by atoms with Gasteiger partial charge < -0.3 is 9.73 Å². The molecule has 0 saturated heterocycles. The number of furan rings is 1. The number of rotatable bonds is 1. The Morgan fingerprint density at radius 3 is 3.15 bits per heavy atom. The summed E-state index contributed by atoms with van der Waals surface area (Å²) in [6.07, 6.45) is 3.47. The summed E-state index contributed by atoms with van der Waals surface area (Å²) in [7, 11) is 0. The minimum Gasteiger partial charge on any atom is -0.467 e. The molecule has 3 nitrogen and oxygen atoms in total. The van der Waals surface area contributed by atoms with Crippen LogP contribution in [0.1, 0.15) is 18.7 Å². The van der Waals surface area contributed by atoms with Crippen molar-refractivity contribution in [2.24, 2.45) is 4.99 Å². The van der Waals surface area contributed by atoms with Gasteiger partial charge in [0.2, 0.25) is 0 Å². The third kappa shape index (κ3) is 1.60. The Hall–Kier alpha value is -1.22. The van der Waals surface area contributed by atoms with Gasteiger partial charge in [0.15, 0.2) is 5.29 Å². The molecule has 2 heterocycles. The minimum atomic E-state index is -0.0799. The van der Waals surface area contributed by atoms with Crippen LogP contribution >= 0.6 is 11.6 Å². The van der Waals surface area contributed by atoms with Crippen LogP contribution < -0.4 is 5.32 Å². The smallest absolute Gasteiger partial charge is 0.196 e. The summed E-state index contributed by atoms with van der Waals surface area (Å²) < 4.78 is 5.26. The first kappa shape index (κ1) is 8.38. The largest absolute Gasteiger partial charge is 0.467 e. The highest BCUT2D eigenvalue weighted by atomic mass is 35.5. The Morgan fingerprint density at radius 2 is 2.46 bits per heavy atom. The summed E-state index contributed by atoms with van der Waals surface area (Å²) >= 11 is 5.75. The zero-order chi connectivity index (χ0) is 9.26. The van der Waals surface area contributed by atoms with Gasteiger partial charge >= 0.3 is 0 Å². The van der Waals surface area contributed by atoms with Gasteiger partial charge in [-0.05, 0) is 36.2 Å². The topological polar surface area (TPSA) is 37.5 Å². The molecule has 68 valence electrons. The summed E-state index contributed by atoms with van der Waals surface area (Å²) in [5.41, 5.74) is 1.08. The molecular weight excluding hydrogens is 188 g/mol. The van der Waals surface area contributed by atoms with E-state index >= 15 is 0 Å². The van der Waals surface area contributed by atoms with Crippen molar-refractivity contribution in [3.05, 3.63) is 35.9 Å². The number of hydrogen-bond donors (Lipinski definition) is 1. The summed E-state index contributed by atoms with van der Waals surface area (Å²) in [5, 5.41) is 3.23. The summed E-state index contributed by atoms with van der Waals surface area (Å²) in [4.78, 5) is 4.21. The maximum atomic E-state index is 5.75. The van der Waals surface area contributed by atoms with Gasteiger partial charge in [0, 0.05) is 6.20 Å². The second kappa shape index (κ2) is 3.26. The van der Waals surface area contributed by atoms with Crippen LogP contribution in [0.3, 0.4) is 0 Å². The van der Waals surface area contributed by atoms with Gasteiger partial charge in [0.25, 0.3) is 0 Å². The fraction of sp³-hybridized carbons (Fsp3) is 0.222. The molecule has 0 amide bonds. The predicted octanol–water partition coefficient (Wildman–Crippen LogP) is 2.42. The zero-order valence-electron chi connectivity index (χ0n) is 7.12. The molecule has 13 heavy (non-hydrogen) atoms. The third-order valence-electron chi connectivity index (χ3n) is 1.91. The Bertz CT molecular complexity index is 354. The first-order chi connectivity index (χ1) is 6.27. The molecule has 1 N–H and O–H groups in total. The first-order valence-electron chi connectivity index (χ1n) is 3.97. The van der Waals surface area contributed by atoms with Crippen LogP contribution in [0.2, 0.25) is 0 Å². The van der Waals surface area contributed by atoms with Crippen LogP contribution in [0.4, 0.5) is 0 Å². The SMILES string of the molecule is CC1=CNC(Cl)=NC1c1ccco1. The number of nitrogens with zero attached hydrogens (tertiary/aromatic N) is 1. The molecule has 0 bridgehead atoms. The van der Waals surface area contributed by atoms with Crippen molar-refractivity contribution in [3.8, 4) is 0 Å². The molecule has 0 saturated carbocycles. The van der Waals surface area contributed by atoms with Gasteiger partial charge in [-0.25, -0.2) is 4.99 Å². The quantitative estimate of drug-likeness (QED) is 0.701. The molecule has 1 unspecified atom stereocenters. The van der Waals surface area contributed by atoms with E-state index in [1.807, 2.05) is 25.3 Å². The van der Waals surface area contributed by atoms with Crippen molar-refractivity contribution in [1.29, 1.82) is 0 Å². The van der Waals surface area contributed by atoms with Gasteiger partial charge in [-0.3, -0.25) is 0 Å². The number of hydrogen-bond acceptors (Lipinski definition) is 3. The van der Waals surface area contributed by atoms with Gasteiger partial charge in [-0.1, -0.05) is 0 Å². The number of aliphatic imine (C=N–C) groups is 1. The highest BCUT2D eigenvalue weighted by Crippen LogP contribution is 2.27. The summed E-state index contributed by atoms with van der Waals surface area (Å²) in [6, 6.07) is 3.65. The normalized spacial score (nSPS) is 21.8. The van der Waals surface area contributed by atoms with Gasteiger partial charge in [-0.15, -0.1) is 0 Å². The maximum absolute atomic E-state index is 5.75. The average molecular weight is 197 g/mol. The lowest BCUT2D eigenvalue weighted by Gasteiger charge is -2.16. The lowest BCUT2D eigenvalue weighted by molar-refractivity contribution is 0.486. The second-order valence-electron chi connectivity index (χ2n) is 2.87. The first-order valence-corrected chi connectivity index (χ1v) is 4.35. The molecule has 0 spiro atoms. The van der Waals surface area contributed by atoms with Crippen molar-refractivity contribution < 1.29 is 4.42 Å². The Labute approximate surface area is 81.1 Å². The van der Waals surface area contributed by atoms with Crippen molar-refractivity contribution in [1.82, 2.24) is 5.32 Å². The molecule has 0 radical (unpaired) electrons. The van der Waals surface area contributed by atoms with Crippen molar-refractivity contribution >= 4 is 16.9 Å². The molecule has 1 aromatic heterocycles. The van der Waals surface area contributed by atoms with Crippen LogP contribution in [0.25, 0.3) is 0 Å². The monoisotopic (exact) mass is 196 g/mol. The molecule has 1 aliphatic rings. The van der Waals surface area contributed by atoms with E-state index in [0.29, 0.717) is 5.29 Å². The molecule has 2 rings (SSSR count). The third-order valence-corrected chi connectivity index (χ3v) is 2.11. The van der Waals surface area contributed by atoms with Crippen LogP contribution in [0.15, 0.2) is 39.6 Å². The molecule has 0 fully saturated rings. The van der Waals surface area contributed by atoms with E-state index < -0.39 is 0 Å². The maximum Gasteiger partial charge on any atom is 0.196 e. The fourth-order valence-electron chi connectivity index (χ4n) is 1.24. The van der Waals surface area contributed by atoms with Gasteiger partial charge in [0.05, 0.1) is 6.26 Å². The molecule has 0 aromatic carbocycles. The number of amidine groups is 1. The van der Waals surface area contributed by atoms with Crippen LogP contribution in [-0.2, 0) is 0 Å². The van der Waals surface area contributed by atoms with E-state index in [1.165, 1.54) is 0 Å². The Morgan fingerprint density at radius 1 is 1.62 bits per heavy atom. The van der Waals surface area contributed by atoms with E-state index in [1.54, 1.807) is 6.26 Å². The molecule has 4 heteroatoms. The average Bonchev–Trinajstić information content (AvgIpc) is 2.61. The van der Waals surface area contributed by atoms with Crippen LogP contribution in [-0.4, -0.2) is 5.29 Å². The summed E-state index contributed by atoms with van der Waals surface area (Å²) in [5.74, 6) is 0.813. The second-order valence-corrected chi connectivity index (χ2v) is 3.23. The predicted molar refractivity (Wildman–Crippen MR) is 51.6 cm³/mol. The van der Waals surface area contributed by atoms with Gasteiger partial charge in [-0.2, -0.15) is 0 Å². The summed E-state index contributed by atoms with van der Waals surface area (Å²) in [6.45, 7) is 1.98. The molecule has 1 aliphatic heterocycles. The Balaban J connectivity index is 2.32. The van der Waals surface area contributed by atoms with Crippen molar-refractivity contribution in [2.45, 2.75) is 13.0 Å². The zero-order valence-corrected chi connectivity index (χ0v) is 7.88. The molecule has 1 aromatic rings. The molecular formula is C9H9ClN2O. The van der Waals surface area contributed by atoms with E-state index in [0.717, 1.165) is 11.3 Å². The standard InChI is InChI=1S/C9H9ClN2O/c1-6-5-11-9(10)12-8(6)7-3-2-4-13-7/h2-5,8H,1H3,(H,11,12). The van der Waals surface area contributed by atoms with E-state index in [9.17, 15) is 0 Å². The van der Waals surface area contributed by atoms with E-state index in [4.69, 9.17) is 16.0 Å². The van der Waals surface area contributed by atoms with Crippen LogP contribution in [0.5, 0.6) is 0 Å². The molecule has 0 aliphatic carbocycles. The number of halogens is 1. The van der Waals surface area contributed by atoms with E-state index in [-0.39, 0.29) is 6.04 Å². The minimum absolute atomic E-state index is 0.0799. The Kier molecular flexibility index (Phi) is 2.10. The lowest BCUT2D eigenvalue weighted by atomic mass is 10.1. The van der Waals surface area contributed by atoms with Crippen molar-refractivity contribution in [2.75, 3.05) is 0 Å². The highest BCUT2D eigenvalue weighted by Gasteiger charge is 2.18. The fourth-order valence-corrected chi connectivity index (χ4v) is 1.39. The van der Waals surface area contributed by atoms with Crippen LogP contribution in [0, 0.1) is 0 Å². The van der Waals surface area contributed by atoms with E-state index in [2.05, 4.69) is 10.3 Å². The molecule has 1 atom stereocenters. The van der Waals surface area contributed by atoms with Crippen molar-refractivity contribution in [3.63, 3.8) is 0 Å². The lowest BCUT2D eigenvalue weighted by Crippen LogP contribution is -2.18. The number of nitrogens with one attached hydrogen (secondary N) is 1. The highest BCUT2D eigenvalue weighted by molar-refractivity contribution is 6.64. The van der Waals surface area contributed by atoms with Gasteiger partial charge in [0.1, 0.15) is 11.8 Å².